The van der Waals surface area contributed by atoms with Crippen molar-refractivity contribution >= 4 is 5.96 Å². The number of aliphatic imine (C=N–C) groups is 1. The maximum absolute atomic E-state index is 5.73. The molecule has 1 aromatic rings. The van der Waals surface area contributed by atoms with Gasteiger partial charge >= 0.3 is 0 Å². The first kappa shape index (κ1) is 17.4. The smallest absolute Gasteiger partial charge is 0.191 e. The van der Waals surface area contributed by atoms with Gasteiger partial charge in [-0.15, -0.1) is 0 Å². The standard InChI is InChI=1S/C18H29N3O2/c1-4-19-18(20-9-8-14(2)3)21-13-15-6-7-16-17(12-15)23-11-5-10-22-16/h6-7,12,14H,4-5,8-11,13H2,1-3H3,(H2,19,20,21). The normalized spacial score (nSPS) is 14.5. The van der Waals surface area contributed by atoms with Crippen LogP contribution in [-0.2, 0) is 6.54 Å². The van der Waals surface area contributed by atoms with E-state index in [1.807, 2.05) is 12.1 Å². The van der Waals surface area contributed by atoms with Gasteiger partial charge in [0, 0.05) is 19.5 Å². The molecule has 128 valence electrons. The number of nitrogens with zero attached hydrogens (tertiary/aromatic N) is 1. The van der Waals surface area contributed by atoms with Gasteiger partial charge in [-0.2, -0.15) is 0 Å². The summed E-state index contributed by atoms with van der Waals surface area (Å²) in [5, 5.41) is 6.66. The van der Waals surface area contributed by atoms with Crippen LogP contribution >= 0.6 is 0 Å². The molecule has 0 bridgehead atoms. The molecule has 5 nitrogen and oxygen atoms in total. The van der Waals surface area contributed by atoms with Gasteiger partial charge in [0.15, 0.2) is 17.5 Å². The van der Waals surface area contributed by atoms with Gasteiger partial charge in [0.05, 0.1) is 19.8 Å². The highest BCUT2D eigenvalue weighted by Gasteiger charge is 2.10. The average molecular weight is 319 g/mol. The highest BCUT2D eigenvalue weighted by molar-refractivity contribution is 5.79. The molecule has 2 N–H and O–H groups in total. The zero-order valence-electron chi connectivity index (χ0n) is 14.5. The van der Waals surface area contributed by atoms with E-state index in [2.05, 4.69) is 42.5 Å². The van der Waals surface area contributed by atoms with E-state index in [1.165, 1.54) is 0 Å². The topological polar surface area (TPSA) is 54.9 Å². The molecule has 0 radical (unpaired) electrons. The Kier molecular flexibility index (Phi) is 7.04. The minimum absolute atomic E-state index is 0.619. The second kappa shape index (κ2) is 9.28. The lowest BCUT2D eigenvalue weighted by Gasteiger charge is -2.13. The fourth-order valence-corrected chi connectivity index (χ4v) is 2.30. The fourth-order valence-electron chi connectivity index (χ4n) is 2.30. The van der Waals surface area contributed by atoms with E-state index < -0.39 is 0 Å². The van der Waals surface area contributed by atoms with Crippen molar-refractivity contribution in [3.05, 3.63) is 23.8 Å². The molecule has 1 aliphatic rings. The Balaban J connectivity index is 1.96. The summed E-state index contributed by atoms with van der Waals surface area (Å²) in [6, 6.07) is 6.06. The third-order valence-corrected chi connectivity index (χ3v) is 3.59. The molecule has 0 unspecified atom stereocenters. The molecular formula is C18H29N3O2. The minimum atomic E-state index is 0.619. The zero-order valence-corrected chi connectivity index (χ0v) is 14.5. The Morgan fingerprint density at radius 3 is 2.70 bits per heavy atom. The predicted octanol–water partition coefficient (Wildman–Crippen LogP) is 2.95. The molecule has 0 aliphatic carbocycles. The highest BCUT2D eigenvalue weighted by Crippen LogP contribution is 2.30. The van der Waals surface area contributed by atoms with Crippen molar-refractivity contribution in [2.24, 2.45) is 10.9 Å². The second-order valence-corrected chi connectivity index (χ2v) is 6.14. The fraction of sp³-hybridized carbons (Fsp3) is 0.611. The van der Waals surface area contributed by atoms with E-state index in [0.717, 1.165) is 55.6 Å². The maximum atomic E-state index is 5.73. The first-order chi connectivity index (χ1) is 11.2. The van der Waals surface area contributed by atoms with Gasteiger partial charge in [-0.1, -0.05) is 19.9 Å². The summed E-state index contributed by atoms with van der Waals surface area (Å²) < 4.78 is 11.4. The van der Waals surface area contributed by atoms with Crippen LogP contribution in [0.15, 0.2) is 23.2 Å². The number of fused-ring (bicyclic) bond motifs is 1. The van der Waals surface area contributed by atoms with Crippen LogP contribution in [0, 0.1) is 5.92 Å². The molecule has 1 aliphatic heterocycles. The molecule has 0 atom stereocenters. The van der Waals surface area contributed by atoms with Crippen molar-refractivity contribution in [1.82, 2.24) is 10.6 Å². The number of ether oxygens (including phenoxy) is 2. The van der Waals surface area contributed by atoms with Crippen molar-refractivity contribution in [1.29, 1.82) is 0 Å². The zero-order chi connectivity index (χ0) is 16.5. The Morgan fingerprint density at radius 2 is 1.96 bits per heavy atom. The number of benzene rings is 1. The Morgan fingerprint density at radius 1 is 1.17 bits per heavy atom. The molecule has 0 amide bonds. The van der Waals surface area contributed by atoms with Crippen molar-refractivity contribution < 1.29 is 9.47 Å². The van der Waals surface area contributed by atoms with Crippen LogP contribution in [-0.4, -0.2) is 32.3 Å². The van der Waals surface area contributed by atoms with Gasteiger partial charge in [0.1, 0.15) is 0 Å². The average Bonchev–Trinajstić information content (AvgIpc) is 2.77. The second-order valence-electron chi connectivity index (χ2n) is 6.14. The van der Waals surface area contributed by atoms with Crippen LogP contribution in [0.2, 0.25) is 0 Å². The van der Waals surface area contributed by atoms with Gasteiger partial charge < -0.3 is 20.1 Å². The lowest BCUT2D eigenvalue weighted by molar-refractivity contribution is 0.297. The molecule has 0 aromatic heterocycles. The number of hydrogen-bond donors (Lipinski definition) is 2. The van der Waals surface area contributed by atoms with Crippen molar-refractivity contribution in [2.45, 2.75) is 40.2 Å². The van der Waals surface area contributed by atoms with Gasteiger partial charge in [0.25, 0.3) is 0 Å². The van der Waals surface area contributed by atoms with Gasteiger partial charge in [0.2, 0.25) is 0 Å². The highest BCUT2D eigenvalue weighted by atomic mass is 16.5. The lowest BCUT2D eigenvalue weighted by Crippen LogP contribution is -2.38. The SMILES string of the molecule is CCNC(=NCc1ccc2c(c1)OCCCO2)NCCC(C)C. The van der Waals surface area contributed by atoms with E-state index in [0.29, 0.717) is 19.1 Å². The third kappa shape index (κ3) is 6.00. The summed E-state index contributed by atoms with van der Waals surface area (Å²) >= 11 is 0. The Labute approximate surface area is 139 Å². The Hall–Kier alpha value is -1.91. The van der Waals surface area contributed by atoms with Crippen molar-refractivity contribution in [3.8, 4) is 11.5 Å². The summed E-state index contributed by atoms with van der Waals surface area (Å²) in [6.45, 7) is 10.4. The molecule has 1 heterocycles. The maximum Gasteiger partial charge on any atom is 0.191 e. The quantitative estimate of drug-likeness (QED) is 0.625. The van der Waals surface area contributed by atoms with Crippen molar-refractivity contribution in [2.75, 3.05) is 26.3 Å². The summed E-state index contributed by atoms with van der Waals surface area (Å²) in [5.74, 6) is 3.21. The molecule has 5 heteroatoms. The van der Waals surface area contributed by atoms with Gasteiger partial charge in [-0.25, -0.2) is 4.99 Å². The number of guanidine groups is 1. The van der Waals surface area contributed by atoms with Crippen LogP contribution in [0.1, 0.15) is 39.2 Å². The van der Waals surface area contributed by atoms with Crippen molar-refractivity contribution in [3.63, 3.8) is 0 Å². The van der Waals surface area contributed by atoms with Crippen LogP contribution < -0.4 is 20.1 Å². The largest absolute Gasteiger partial charge is 0.490 e. The van der Waals surface area contributed by atoms with E-state index >= 15 is 0 Å². The van der Waals surface area contributed by atoms with Gasteiger partial charge in [-0.3, -0.25) is 0 Å². The summed E-state index contributed by atoms with van der Waals surface area (Å²) in [7, 11) is 0. The minimum Gasteiger partial charge on any atom is -0.490 e. The van der Waals surface area contributed by atoms with Crippen LogP contribution in [0.4, 0.5) is 0 Å². The van der Waals surface area contributed by atoms with Crippen LogP contribution in [0.5, 0.6) is 11.5 Å². The Bertz CT molecular complexity index is 515. The molecule has 0 spiro atoms. The first-order valence-electron chi connectivity index (χ1n) is 8.59. The molecule has 0 fully saturated rings. The molecule has 1 aromatic carbocycles. The first-order valence-corrected chi connectivity index (χ1v) is 8.59. The number of rotatable bonds is 6. The van der Waals surface area contributed by atoms with Gasteiger partial charge in [-0.05, 0) is 37.0 Å². The van der Waals surface area contributed by atoms with E-state index in [9.17, 15) is 0 Å². The number of hydrogen-bond acceptors (Lipinski definition) is 3. The summed E-state index contributed by atoms with van der Waals surface area (Å²) in [6.07, 6.45) is 2.06. The van der Waals surface area contributed by atoms with E-state index in [1.54, 1.807) is 0 Å². The van der Waals surface area contributed by atoms with E-state index in [4.69, 9.17) is 9.47 Å². The number of nitrogens with one attached hydrogen (secondary N) is 2. The monoisotopic (exact) mass is 319 g/mol. The summed E-state index contributed by atoms with van der Waals surface area (Å²) in [5.41, 5.74) is 1.12. The molecular weight excluding hydrogens is 290 g/mol. The molecule has 0 saturated heterocycles. The van der Waals surface area contributed by atoms with Crippen LogP contribution in [0.3, 0.4) is 0 Å². The molecule has 23 heavy (non-hydrogen) atoms. The third-order valence-electron chi connectivity index (χ3n) is 3.59. The molecule has 2 rings (SSSR count). The summed E-state index contributed by atoms with van der Waals surface area (Å²) in [4.78, 5) is 4.65. The predicted molar refractivity (Wildman–Crippen MR) is 94.3 cm³/mol. The lowest BCUT2D eigenvalue weighted by atomic mass is 10.1. The van der Waals surface area contributed by atoms with Crippen LogP contribution in [0.25, 0.3) is 0 Å². The molecule has 0 saturated carbocycles. The van der Waals surface area contributed by atoms with E-state index in [-0.39, 0.29) is 0 Å².